The maximum atomic E-state index is 8.94. The summed E-state index contributed by atoms with van der Waals surface area (Å²) in [6.07, 6.45) is 9.36. The first-order valence-electron chi connectivity index (χ1n) is 10.4. The average Bonchev–Trinajstić information content (AvgIpc) is 3.15. The molecule has 0 radical (unpaired) electrons. The van der Waals surface area contributed by atoms with E-state index < -0.39 is 0 Å². The van der Waals surface area contributed by atoms with Gasteiger partial charge < -0.3 is 19.7 Å². The number of ether oxygens (including phenoxy) is 1. The highest BCUT2D eigenvalue weighted by Gasteiger charge is 2.22. The lowest BCUT2D eigenvalue weighted by atomic mass is 9.95. The highest BCUT2D eigenvalue weighted by Crippen LogP contribution is 2.33. The summed E-state index contributed by atoms with van der Waals surface area (Å²) in [6.45, 7) is 0.935. The van der Waals surface area contributed by atoms with Gasteiger partial charge in [0, 0.05) is 30.2 Å². The van der Waals surface area contributed by atoms with Crippen molar-refractivity contribution < 1.29 is 9.84 Å². The highest BCUT2D eigenvalue weighted by molar-refractivity contribution is 7.99. The third kappa shape index (κ3) is 5.88. The summed E-state index contributed by atoms with van der Waals surface area (Å²) < 4.78 is 7.69. The van der Waals surface area contributed by atoms with Gasteiger partial charge in [0.2, 0.25) is 0 Å². The minimum atomic E-state index is 0.281. The molecule has 0 bridgehead atoms. The fourth-order valence-corrected chi connectivity index (χ4v) is 4.72. The number of aromatic nitrogens is 3. The van der Waals surface area contributed by atoms with Crippen molar-refractivity contribution in [1.29, 1.82) is 0 Å². The van der Waals surface area contributed by atoms with E-state index in [1.165, 1.54) is 32.1 Å². The molecule has 1 saturated carbocycles. The van der Waals surface area contributed by atoms with Gasteiger partial charge in [0.1, 0.15) is 5.75 Å². The molecule has 0 atom stereocenters. The van der Waals surface area contributed by atoms with Crippen molar-refractivity contribution in [3.63, 3.8) is 0 Å². The largest absolute Gasteiger partial charge is 0.497 e. The van der Waals surface area contributed by atoms with Crippen LogP contribution in [-0.4, -0.2) is 39.3 Å². The molecule has 3 rings (SSSR count). The van der Waals surface area contributed by atoms with Crippen molar-refractivity contribution in [2.45, 2.75) is 69.1 Å². The average molecular weight is 405 g/mol. The van der Waals surface area contributed by atoms with Crippen molar-refractivity contribution >= 4 is 17.4 Å². The van der Waals surface area contributed by atoms with Gasteiger partial charge in [-0.25, -0.2) is 0 Å². The van der Waals surface area contributed by atoms with E-state index in [2.05, 4.69) is 20.1 Å². The van der Waals surface area contributed by atoms with Crippen LogP contribution < -0.4 is 10.1 Å². The van der Waals surface area contributed by atoms with Gasteiger partial charge in [0.05, 0.1) is 13.7 Å². The first kappa shape index (κ1) is 21.0. The molecule has 2 N–H and O–H groups in total. The number of thioether (sulfide) groups is 1. The molecule has 1 fully saturated rings. The van der Waals surface area contributed by atoms with E-state index >= 15 is 0 Å². The van der Waals surface area contributed by atoms with E-state index in [0.717, 1.165) is 47.4 Å². The van der Waals surface area contributed by atoms with Gasteiger partial charge in [0.15, 0.2) is 11.0 Å². The molecule has 2 aromatic rings. The van der Waals surface area contributed by atoms with Gasteiger partial charge in [0.25, 0.3) is 0 Å². The van der Waals surface area contributed by atoms with Gasteiger partial charge in [-0.15, -0.1) is 10.2 Å². The zero-order valence-corrected chi connectivity index (χ0v) is 17.6. The Bertz CT molecular complexity index is 716. The predicted molar refractivity (Wildman–Crippen MR) is 114 cm³/mol. The van der Waals surface area contributed by atoms with Crippen molar-refractivity contribution in [3.8, 4) is 5.75 Å². The number of nitrogens with zero attached hydrogens (tertiary/aromatic N) is 3. The van der Waals surface area contributed by atoms with Crippen LogP contribution in [0.3, 0.4) is 0 Å². The van der Waals surface area contributed by atoms with Crippen LogP contribution in [0.15, 0.2) is 29.4 Å². The third-order valence-corrected chi connectivity index (χ3v) is 6.26. The molecule has 0 saturated heterocycles. The minimum Gasteiger partial charge on any atom is -0.497 e. The molecule has 0 aliphatic heterocycles. The molecule has 1 aliphatic carbocycles. The van der Waals surface area contributed by atoms with Crippen LogP contribution in [0, 0.1) is 0 Å². The van der Waals surface area contributed by atoms with E-state index in [-0.39, 0.29) is 6.61 Å². The van der Waals surface area contributed by atoms with E-state index in [0.29, 0.717) is 12.6 Å². The second-order valence-electron chi connectivity index (χ2n) is 7.28. The molecule has 1 aliphatic rings. The number of nitrogens with one attached hydrogen (secondary N) is 1. The smallest absolute Gasteiger partial charge is 0.191 e. The molecule has 28 heavy (non-hydrogen) atoms. The Labute approximate surface area is 172 Å². The lowest BCUT2D eigenvalue weighted by Crippen LogP contribution is -2.18. The molecule has 0 unspecified atom stereocenters. The molecule has 6 nitrogen and oxygen atoms in total. The number of rotatable bonds is 11. The fourth-order valence-electron chi connectivity index (χ4n) is 3.70. The number of methoxy groups -OCH3 is 1. The van der Waals surface area contributed by atoms with Crippen LogP contribution in [0.1, 0.15) is 63.2 Å². The summed E-state index contributed by atoms with van der Waals surface area (Å²) in [4.78, 5) is 0. The van der Waals surface area contributed by atoms with Crippen molar-refractivity contribution in [2.75, 3.05) is 24.8 Å². The van der Waals surface area contributed by atoms with E-state index in [1.807, 2.05) is 24.3 Å². The Hall–Kier alpha value is -1.73. The quantitative estimate of drug-likeness (QED) is 0.419. The maximum Gasteiger partial charge on any atom is 0.191 e. The lowest BCUT2D eigenvalue weighted by Gasteiger charge is -2.25. The Morgan fingerprint density at radius 3 is 2.82 bits per heavy atom. The van der Waals surface area contributed by atoms with E-state index in [1.54, 1.807) is 18.9 Å². The van der Waals surface area contributed by atoms with Crippen LogP contribution >= 0.6 is 11.8 Å². The minimum absolute atomic E-state index is 0.281. The molecule has 154 valence electrons. The zero-order valence-electron chi connectivity index (χ0n) is 16.8. The molecule has 1 heterocycles. The van der Waals surface area contributed by atoms with Gasteiger partial charge in [-0.1, -0.05) is 43.5 Å². The SMILES string of the molecule is COc1cccc(NCc2nnc(SCCCCCO)n2C2CCCCC2)c1. The van der Waals surface area contributed by atoms with Crippen LogP contribution in [0.25, 0.3) is 0 Å². The lowest BCUT2D eigenvalue weighted by molar-refractivity contribution is 0.284. The summed E-state index contributed by atoms with van der Waals surface area (Å²) >= 11 is 1.80. The van der Waals surface area contributed by atoms with Gasteiger partial charge in [-0.2, -0.15) is 0 Å². The second-order valence-corrected chi connectivity index (χ2v) is 8.34. The molecule has 1 aromatic heterocycles. The third-order valence-electron chi connectivity index (χ3n) is 5.23. The van der Waals surface area contributed by atoms with Crippen LogP contribution in [0.2, 0.25) is 0 Å². The van der Waals surface area contributed by atoms with Crippen molar-refractivity contribution in [2.24, 2.45) is 0 Å². The van der Waals surface area contributed by atoms with Gasteiger partial charge in [-0.3, -0.25) is 0 Å². The van der Waals surface area contributed by atoms with Crippen molar-refractivity contribution in [1.82, 2.24) is 14.8 Å². The standard InChI is InChI=1S/C21H32N4O2S/c1-27-19-12-8-9-17(15-19)22-16-20-23-24-21(28-14-7-3-6-13-26)25(20)18-10-4-2-5-11-18/h8-9,12,15,18,22,26H,2-7,10-11,13-14,16H2,1H3. The van der Waals surface area contributed by atoms with Crippen LogP contribution in [0.5, 0.6) is 5.75 Å². The Kier molecular flexibility index (Phi) is 8.48. The number of unbranched alkanes of at least 4 members (excludes halogenated alkanes) is 2. The number of hydrogen-bond donors (Lipinski definition) is 2. The zero-order chi connectivity index (χ0) is 19.6. The normalized spacial score (nSPS) is 14.9. The monoisotopic (exact) mass is 404 g/mol. The molecular weight excluding hydrogens is 372 g/mol. The molecular formula is C21H32N4O2S. The summed E-state index contributed by atoms with van der Waals surface area (Å²) in [7, 11) is 1.68. The van der Waals surface area contributed by atoms with Crippen molar-refractivity contribution in [3.05, 3.63) is 30.1 Å². The van der Waals surface area contributed by atoms with Crippen LogP contribution in [0.4, 0.5) is 5.69 Å². The predicted octanol–water partition coefficient (Wildman–Crippen LogP) is 4.66. The first-order valence-corrected chi connectivity index (χ1v) is 11.4. The molecule has 1 aromatic carbocycles. The maximum absolute atomic E-state index is 8.94. The van der Waals surface area contributed by atoms with Gasteiger partial charge >= 0.3 is 0 Å². The number of benzene rings is 1. The topological polar surface area (TPSA) is 72.2 Å². The molecule has 0 spiro atoms. The summed E-state index contributed by atoms with van der Waals surface area (Å²) in [5.41, 5.74) is 1.02. The van der Waals surface area contributed by atoms with Gasteiger partial charge in [-0.05, 0) is 37.8 Å². The number of aliphatic hydroxyl groups is 1. The molecule has 7 heteroatoms. The Morgan fingerprint density at radius 2 is 2.04 bits per heavy atom. The van der Waals surface area contributed by atoms with E-state index in [4.69, 9.17) is 9.84 Å². The number of hydrogen-bond acceptors (Lipinski definition) is 6. The van der Waals surface area contributed by atoms with E-state index in [9.17, 15) is 0 Å². The number of aliphatic hydroxyl groups excluding tert-OH is 1. The summed E-state index contributed by atoms with van der Waals surface area (Å²) in [6, 6.07) is 8.48. The summed E-state index contributed by atoms with van der Waals surface area (Å²) in [5, 5.41) is 22.5. The second kappa shape index (κ2) is 11.3. The Balaban J connectivity index is 1.68. The molecule has 0 amide bonds. The van der Waals surface area contributed by atoms with Crippen LogP contribution in [-0.2, 0) is 6.54 Å². The highest BCUT2D eigenvalue weighted by atomic mass is 32.2. The fraction of sp³-hybridized carbons (Fsp3) is 0.619. The first-order chi connectivity index (χ1) is 13.8. The number of anilines is 1. The Morgan fingerprint density at radius 1 is 1.18 bits per heavy atom. The summed E-state index contributed by atoms with van der Waals surface area (Å²) in [5.74, 6) is 2.87.